The van der Waals surface area contributed by atoms with Gasteiger partial charge in [0.05, 0.1) is 25.3 Å². The van der Waals surface area contributed by atoms with Crippen LogP contribution in [0.4, 0.5) is 5.13 Å². The lowest BCUT2D eigenvalue weighted by Crippen LogP contribution is -2.29. The van der Waals surface area contributed by atoms with E-state index in [4.69, 9.17) is 9.47 Å². The smallest absolute Gasteiger partial charge is 0.301 e. The third-order valence-corrected chi connectivity index (χ3v) is 6.94. The first-order valence-corrected chi connectivity index (χ1v) is 12.7. The van der Waals surface area contributed by atoms with Crippen LogP contribution >= 0.6 is 11.3 Å². The van der Waals surface area contributed by atoms with Gasteiger partial charge in [-0.2, -0.15) is 0 Å². The Morgan fingerprint density at radius 3 is 2.58 bits per heavy atom. The topological polar surface area (TPSA) is 89.0 Å². The number of carbonyl (C=O) groups excluding carboxylic acids is 2. The molecule has 1 aromatic heterocycles. The van der Waals surface area contributed by atoms with Gasteiger partial charge in [0.15, 0.2) is 16.6 Å². The number of methoxy groups -OCH3 is 1. The minimum atomic E-state index is -0.880. The van der Waals surface area contributed by atoms with Crippen LogP contribution in [0.2, 0.25) is 0 Å². The largest absolute Gasteiger partial charge is 0.507 e. The van der Waals surface area contributed by atoms with E-state index in [1.807, 2.05) is 32.0 Å². The Morgan fingerprint density at radius 2 is 1.92 bits per heavy atom. The first-order chi connectivity index (χ1) is 17.2. The molecule has 188 valence electrons. The Balaban J connectivity index is 1.86. The van der Waals surface area contributed by atoms with Crippen LogP contribution < -0.4 is 14.4 Å². The first kappa shape index (κ1) is 25.4. The molecule has 1 unspecified atom stereocenters. The Bertz CT molecular complexity index is 1310. The van der Waals surface area contributed by atoms with Crippen LogP contribution in [0.5, 0.6) is 11.5 Å². The van der Waals surface area contributed by atoms with Crippen LogP contribution in [0.25, 0.3) is 5.76 Å². The second-order valence-electron chi connectivity index (χ2n) is 9.24. The predicted molar refractivity (Wildman–Crippen MR) is 141 cm³/mol. The number of Topliss-reactive ketones (excluding diaryl/α,β-unsaturated/α-hetero) is 1. The molecule has 1 aliphatic heterocycles. The summed E-state index contributed by atoms with van der Waals surface area (Å²) in [6.07, 6.45) is 2.47. The fraction of sp³-hybridized carbons (Fsp3) is 0.321. The SMILES string of the molecule is COc1cc(C2/C(=C(\O)c3cc(C)ccc3C)C(=O)C(=O)N2c2nccs2)ccc1OCCC(C)C. The number of hydrogen-bond acceptors (Lipinski definition) is 7. The average molecular weight is 507 g/mol. The maximum absolute atomic E-state index is 13.3. The number of ether oxygens (including phenoxy) is 2. The van der Waals surface area contributed by atoms with Gasteiger partial charge in [0.1, 0.15) is 5.76 Å². The van der Waals surface area contributed by atoms with Crippen molar-refractivity contribution in [2.24, 2.45) is 5.92 Å². The summed E-state index contributed by atoms with van der Waals surface area (Å²) in [5.41, 5.74) is 2.85. The number of aromatic nitrogens is 1. The molecule has 8 heteroatoms. The summed E-state index contributed by atoms with van der Waals surface area (Å²) in [7, 11) is 1.54. The number of ketones is 1. The second kappa shape index (κ2) is 10.5. The fourth-order valence-electron chi connectivity index (χ4n) is 4.19. The number of amides is 1. The minimum Gasteiger partial charge on any atom is -0.507 e. The van der Waals surface area contributed by atoms with Crippen LogP contribution in [-0.4, -0.2) is 35.5 Å². The summed E-state index contributed by atoms with van der Waals surface area (Å²) in [5, 5.41) is 13.5. The number of aliphatic hydroxyl groups excluding tert-OH is 1. The van der Waals surface area contributed by atoms with Crippen molar-refractivity contribution >= 4 is 33.9 Å². The van der Waals surface area contributed by atoms with Crippen LogP contribution in [0.15, 0.2) is 53.5 Å². The van der Waals surface area contributed by atoms with Crippen molar-refractivity contribution in [1.29, 1.82) is 0 Å². The van der Waals surface area contributed by atoms with Gasteiger partial charge >= 0.3 is 5.91 Å². The molecule has 0 radical (unpaired) electrons. The van der Waals surface area contributed by atoms with Crippen molar-refractivity contribution in [3.8, 4) is 11.5 Å². The lowest BCUT2D eigenvalue weighted by molar-refractivity contribution is -0.132. The summed E-state index contributed by atoms with van der Waals surface area (Å²) >= 11 is 1.25. The van der Waals surface area contributed by atoms with E-state index in [2.05, 4.69) is 18.8 Å². The highest BCUT2D eigenvalue weighted by atomic mass is 32.1. The average Bonchev–Trinajstić information content (AvgIpc) is 3.47. The molecule has 2 heterocycles. The highest BCUT2D eigenvalue weighted by Crippen LogP contribution is 2.44. The number of aliphatic hydroxyl groups is 1. The third-order valence-electron chi connectivity index (χ3n) is 6.17. The van der Waals surface area contributed by atoms with Crippen LogP contribution in [0.1, 0.15) is 48.6 Å². The normalized spacial score (nSPS) is 17.2. The summed E-state index contributed by atoms with van der Waals surface area (Å²) < 4.78 is 11.5. The molecule has 3 aromatic rings. The van der Waals surface area contributed by atoms with E-state index in [1.54, 1.807) is 36.9 Å². The van der Waals surface area contributed by atoms with Gasteiger partial charge in [0, 0.05) is 17.1 Å². The zero-order valence-corrected chi connectivity index (χ0v) is 21.9. The van der Waals surface area contributed by atoms with E-state index in [0.29, 0.717) is 40.3 Å². The highest BCUT2D eigenvalue weighted by Gasteiger charge is 2.48. The number of thiazole rings is 1. The van der Waals surface area contributed by atoms with Crippen molar-refractivity contribution in [3.05, 3.63) is 75.8 Å². The zero-order valence-electron chi connectivity index (χ0n) is 21.1. The van der Waals surface area contributed by atoms with Crippen molar-refractivity contribution < 1.29 is 24.2 Å². The Hall–Kier alpha value is -3.65. The quantitative estimate of drug-likeness (QED) is 0.235. The zero-order chi connectivity index (χ0) is 26.0. The molecule has 0 saturated carbocycles. The maximum atomic E-state index is 13.3. The van der Waals surface area contributed by atoms with Gasteiger partial charge in [-0.3, -0.25) is 14.5 Å². The van der Waals surface area contributed by atoms with Gasteiger partial charge in [-0.05, 0) is 55.5 Å². The molecule has 1 aliphatic rings. The highest BCUT2D eigenvalue weighted by molar-refractivity contribution is 7.14. The number of rotatable bonds is 8. The van der Waals surface area contributed by atoms with E-state index < -0.39 is 17.7 Å². The van der Waals surface area contributed by atoms with Crippen LogP contribution in [0.3, 0.4) is 0 Å². The molecular formula is C28H30N2O5S. The minimum absolute atomic E-state index is 0.0134. The van der Waals surface area contributed by atoms with Crippen LogP contribution in [-0.2, 0) is 9.59 Å². The Kier molecular flexibility index (Phi) is 7.45. The number of anilines is 1. The van der Waals surface area contributed by atoms with E-state index in [9.17, 15) is 14.7 Å². The van der Waals surface area contributed by atoms with Gasteiger partial charge in [-0.15, -0.1) is 11.3 Å². The lowest BCUT2D eigenvalue weighted by atomic mass is 9.93. The third kappa shape index (κ3) is 4.86. The molecule has 1 fully saturated rings. The molecule has 0 spiro atoms. The molecule has 1 saturated heterocycles. The standard InChI is InChI=1S/C28H30N2O5S/c1-16(2)10-12-35-21-9-8-19(15-22(21)34-5)24-23(25(31)20-14-17(3)6-7-18(20)4)26(32)27(33)30(24)28-29-11-13-36-28/h6-9,11,13-16,24,31H,10,12H2,1-5H3/b25-23+. The Morgan fingerprint density at radius 1 is 1.14 bits per heavy atom. The van der Waals surface area contributed by atoms with Gasteiger partial charge in [-0.25, -0.2) is 4.98 Å². The maximum Gasteiger partial charge on any atom is 0.301 e. The fourth-order valence-corrected chi connectivity index (χ4v) is 4.86. The van der Waals surface area contributed by atoms with Gasteiger partial charge in [-0.1, -0.05) is 37.6 Å². The number of aryl methyl sites for hydroxylation is 2. The molecule has 7 nitrogen and oxygen atoms in total. The molecule has 1 amide bonds. The molecule has 2 aromatic carbocycles. The van der Waals surface area contributed by atoms with E-state index in [1.165, 1.54) is 16.2 Å². The number of carbonyl (C=O) groups is 2. The summed E-state index contributed by atoms with van der Waals surface area (Å²) in [6.45, 7) is 8.55. The number of nitrogens with zero attached hydrogens (tertiary/aromatic N) is 2. The molecule has 1 atom stereocenters. The second-order valence-corrected chi connectivity index (χ2v) is 10.1. The number of hydrogen-bond donors (Lipinski definition) is 1. The molecule has 0 bridgehead atoms. The molecule has 0 aliphatic carbocycles. The van der Waals surface area contributed by atoms with Gasteiger partial charge in [0.25, 0.3) is 5.78 Å². The molecule has 4 rings (SSSR count). The summed E-state index contributed by atoms with van der Waals surface area (Å²) in [4.78, 5) is 32.2. The monoisotopic (exact) mass is 506 g/mol. The van der Waals surface area contributed by atoms with Gasteiger partial charge in [0.2, 0.25) is 0 Å². The van der Waals surface area contributed by atoms with E-state index >= 15 is 0 Å². The summed E-state index contributed by atoms with van der Waals surface area (Å²) in [5.74, 6) is -0.161. The van der Waals surface area contributed by atoms with Gasteiger partial charge < -0.3 is 14.6 Å². The van der Waals surface area contributed by atoms with Crippen molar-refractivity contribution in [1.82, 2.24) is 4.98 Å². The summed E-state index contributed by atoms with van der Waals surface area (Å²) in [6, 6.07) is 10.1. The lowest BCUT2D eigenvalue weighted by Gasteiger charge is -2.24. The van der Waals surface area contributed by atoms with E-state index in [0.717, 1.165) is 17.5 Å². The van der Waals surface area contributed by atoms with Crippen molar-refractivity contribution in [2.45, 2.75) is 40.2 Å². The molecule has 1 N–H and O–H groups in total. The first-order valence-electron chi connectivity index (χ1n) is 11.8. The van der Waals surface area contributed by atoms with E-state index in [-0.39, 0.29) is 11.3 Å². The van der Waals surface area contributed by atoms with Crippen molar-refractivity contribution in [3.63, 3.8) is 0 Å². The van der Waals surface area contributed by atoms with Crippen molar-refractivity contribution in [2.75, 3.05) is 18.6 Å². The van der Waals surface area contributed by atoms with Crippen LogP contribution in [0, 0.1) is 19.8 Å². The predicted octanol–water partition coefficient (Wildman–Crippen LogP) is 5.82. The number of benzene rings is 2. The molecule has 36 heavy (non-hydrogen) atoms. The molecular weight excluding hydrogens is 476 g/mol. The Labute approximate surface area is 215 Å².